The number of halogens is 1. The van der Waals surface area contributed by atoms with E-state index in [2.05, 4.69) is 120 Å². The van der Waals surface area contributed by atoms with Crippen LogP contribution in [0.2, 0.25) is 5.28 Å². The van der Waals surface area contributed by atoms with Crippen LogP contribution >= 0.6 is 11.6 Å². The molecule has 172 valence electrons. The first-order chi connectivity index (χ1) is 17.9. The Morgan fingerprint density at radius 1 is 0.486 bits per heavy atom. The Labute approximate surface area is 225 Å². The molecular formula is C29H22B4ClN3. The molecule has 6 rings (SSSR count). The standard InChI is InChI=1S/C29H22B4ClN3/c30-23-21(16-8-2-1-3-9-16)24(31)26(33)25(32)22(23)28-35-27(36-29(34)37-28)20-12-6-11-18-17-10-5-4-7-15(17)13-14-19(18)20/h1-14H,30-33H2. The van der Waals surface area contributed by atoms with Crippen molar-refractivity contribution in [2.45, 2.75) is 0 Å². The number of fused-ring (bicyclic) bond motifs is 3. The monoisotopic (exact) mass is 491 g/mol. The van der Waals surface area contributed by atoms with E-state index >= 15 is 0 Å². The summed E-state index contributed by atoms with van der Waals surface area (Å²) >= 11 is 6.57. The smallest absolute Gasteiger partial charge is 0.208 e. The minimum absolute atomic E-state index is 0.191. The summed E-state index contributed by atoms with van der Waals surface area (Å²) in [7, 11) is 8.65. The van der Waals surface area contributed by atoms with Gasteiger partial charge >= 0.3 is 0 Å². The Balaban J connectivity index is 1.60. The van der Waals surface area contributed by atoms with Crippen LogP contribution in [0.1, 0.15) is 0 Å². The van der Waals surface area contributed by atoms with E-state index in [9.17, 15) is 0 Å². The molecule has 0 atom stereocenters. The Morgan fingerprint density at radius 2 is 1.16 bits per heavy atom. The van der Waals surface area contributed by atoms with Gasteiger partial charge in [0.15, 0.2) is 11.6 Å². The van der Waals surface area contributed by atoms with Gasteiger partial charge in [-0.15, -0.1) is 5.46 Å². The molecule has 0 saturated heterocycles. The molecule has 0 N–H and O–H groups in total. The highest BCUT2D eigenvalue weighted by Gasteiger charge is 2.20. The lowest BCUT2D eigenvalue weighted by molar-refractivity contribution is 1.07. The molecule has 0 bridgehead atoms. The van der Waals surface area contributed by atoms with Crippen molar-refractivity contribution in [1.82, 2.24) is 15.0 Å². The van der Waals surface area contributed by atoms with E-state index in [1.165, 1.54) is 38.2 Å². The van der Waals surface area contributed by atoms with E-state index in [0.717, 1.165) is 27.4 Å². The summed E-state index contributed by atoms with van der Waals surface area (Å²) in [6.45, 7) is 0. The van der Waals surface area contributed by atoms with E-state index in [4.69, 9.17) is 16.6 Å². The second-order valence-corrected chi connectivity index (χ2v) is 9.89. The van der Waals surface area contributed by atoms with Crippen LogP contribution in [-0.4, -0.2) is 46.3 Å². The summed E-state index contributed by atoms with van der Waals surface area (Å²) in [6.07, 6.45) is 0. The number of hydrogen-bond donors (Lipinski definition) is 0. The molecule has 8 heteroatoms. The maximum atomic E-state index is 6.57. The van der Waals surface area contributed by atoms with Crippen LogP contribution in [0.4, 0.5) is 0 Å². The number of rotatable bonds is 3. The normalized spacial score (nSPS) is 11.3. The summed E-state index contributed by atoms with van der Waals surface area (Å²) in [5.41, 5.74) is 9.15. The number of nitrogens with zero attached hydrogens (tertiary/aromatic N) is 3. The van der Waals surface area contributed by atoms with Crippen molar-refractivity contribution in [2.75, 3.05) is 0 Å². The third kappa shape index (κ3) is 3.95. The molecule has 0 fully saturated rings. The molecule has 0 amide bonds. The highest BCUT2D eigenvalue weighted by Crippen LogP contribution is 2.32. The Bertz CT molecular complexity index is 1840. The lowest BCUT2D eigenvalue weighted by atomic mass is 9.63. The second-order valence-electron chi connectivity index (χ2n) is 9.56. The van der Waals surface area contributed by atoms with Gasteiger partial charge in [0.1, 0.15) is 31.4 Å². The quantitative estimate of drug-likeness (QED) is 0.273. The van der Waals surface area contributed by atoms with E-state index in [0.29, 0.717) is 11.6 Å². The first-order valence-electron chi connectivity index (χ1n) is 12.4. The molecule has 0 aliphatic carbocycles. The molecule has 6 aromatic rings. The van der Waals surface area contributed by atoms with Gasteiger partial charge < -0.3 is 0 Å². The zero-order valence-electron chi connectivity index (χ0n) is 21.3. The number of aromatic nitrogens is 3. The van der Waals surface area contributed by atoms with Gasteiger partial charge in [0, 0.05) is 11.1 Å². The molecule has 0 spiro atoms. The minimum Gasteiger partial charge on any atom is -0.208 e. The van der Waals surface area contributed by atoms with Gasteiger partial charge in [0.05, 0.1) is 0 Å². The average molecular weight is 491 g/mol. The van der Waals surface area contributed by atoms with Crippen molar-refractivity contribution in [3.8, 4) is 33.9 Å². The van der Waals surface area contributed by atoms with Gasteiger partial charge in [0.2, 0.25) is 5.28 Å². The van der Waals surface area contributed by atoms with E-state index in [1.807, 2.05) is 6.07 Å². The molecule has 0 saturated carbocycles. The second kappa shape index (κ2) is 9.24. The van der Waals surface area contributed by atoms with Gasteiger partial charge in [-0.25, -0.2) is 4.98 Å². The molecule has 37 heavy (non-hydrogen) atoms. The molecule has 1 heterocycles. The van der Waals surface area contributed by atoms with Crippen LogP contribution in [0.3, 0.4) is 0 Å². The van der Waals surface area contributed by atoms with E-state index in [-0.39, 0.29) is 5.28 Å². The lowest BCUT2D eigenvalue weighted by Crippen LogP contribution is -2.46. The topological polar surface area (TPSA) is 38.7 Å². The zero-order valence-corrected chi connectivity index (χ0v) is 22.1. The highest BCUT2D eigenvalue weighted by atomic mass is 35.5. The third-order valence-electron chi connectivity index (χ3n) is 7.55. The molecule has 0 unspecified atom stereocenters. The predicted octanol–water partition coefficient (Wildman–Crippen LogP) is 0.866. The van der Waals surface area contributed by atoms with Crippen molar-refractivity contribution in [1.29, 1.82) is 0 Å². The van der Waals surface area contributed by atoms with Gasteiger partial charge in [-0.1, -0.05) is 101 Å². The fourth-order valence-electron chi connectivity index (χ4n) is 5.53. The van der Waals surface area contributed by atoms with Crippen molar-refractivity contribution in [2.24, 2.45) is 0 Å². The molecule has 0 radical (unpaired) electrons. The first kappa shape index (κ1) is 23.6. The summed E-state index contributed by atoms with van der Waals surface area (Å²) < 4.78 is 0. The molecule has 5 aromatic carbocycles. The largest absolute Gasteiger partial charge is 0.226 e. The van der Waals surface area contributed by atoms with Crippen molar-refractivity contribution >= 4 is 86.4 Å². The molecule has 0 aliphatic heterocycles. The Kier molecular flexibility index (Phi) is 5.89. The van der Waals surface area contributed by atoms with Crippen molar-refractivity contribution in [3.63, 3.8) is 0 Å². The highest BCUT2D eigenvalue weighted by molar-refractivity contribution is 6.63. The molecular weight excluding hydrogens is 469 g/mol. The van der Waals surface area contributed by atoms with Crippen LogP contribution in [-0.2, 0) is 0 Å². The maximum absolute atomic E-state index is 6.57. The molecule has 0 aliphatic rings. The minimum atomic E-state index is 0.191. The van der Waals surface area contributed by atoms with Crippen LogP contribution in [0.25, 0.3) is 55.4 Å². The lowest BCUT2D eigenvalue weighted by Gasteiger charge is -2.21. The SMILES string of the molecule is Bc1c(B)c(-c2ccccc2)c(B)c(-c2nc(Cl)nc(-c3cccc4c3ccc3ccccc34)n2)c1B. The average Bonchev–Trinajstić information content (AvgIpc) is 2.92. The molecule has 3 nitrogen and oxygen atoms in total. The summed E-state index contributed by atoms with van der Waals surface area (Å²) in [6, 6.07) is 29.5. The summed E-state index contributed by atoms with van der Waals surface area (Å²) in [5, 5.41) is 4.86. The maximum Gasteiger partial charge on any atom is 0.226 e. The van der Waals surface area contributed by atoms with Crippen LogP contribution in [0.15, 0.2) is 84.9 Å². The van der Waals surface area contributed by atoms with Gasteiger partial charge in [-0.3, -0.25) is 0 Å². The summed E-state index contributed by atoms with van der Waals surface area (Å²) in [4.78, 5) is 14.2. The Morgan fingerprint density at radius 3 is 1.97 bits per heavy atom. The summed E-state index contributed by atoms with van der Waals surface area (Å²) in [5.74, 6) is 1.18. The van der Waals surface area contributed by atoms with Gasteiger partial charge in [-0.05, 0) is 44.3 Å². The van der Waals surface area contributed by atoms with Gasteiger partial charge in [0.25, 0.3) is 0 Å². The third-order valence-corrected chi connectivity index (χ3v) is 7.72. The number of benzene rings is 5. The van der Waals surface area contributed by atoms with Crippen LogP contribution in [0, 0.1) is 0 Å². The van der Waals surface area contributed by atoms with Crippen molar-refractivity contribution < 1.29 is 0 Å². The van der Waals surface area contributed by atoms with Crippen LogP contribution < -0.4 is 21.9 Å². The van der Waals surface area contributed by atoms with Crippen LogP contribution in [0.5, 0.6) is 0 Å². The first-order valence-corrected chi connectivity index (χ1v) is 12.8. The van der Waals surface area contributed by atoms with Crippen molar-refractivity contribution in [3.05, 3.63) is 90.2 Å². The van der Waals surface area contributed by atoms with E-state index < -0.39 is 0 Å². The fourth-order valence-corrected chi connectivity index (χ4v) is 5.69. The fraction of sp³-hybridized carbons (Fsp3) is 0. The predicted molar refractivity (Wildman–Crippen MR) is 169 cm³/mol. The van der Waals surface area contributed by atoms with Gasteiger partial charge in [-0.2, -0.15) is 9.97 Å². The Hall–Kier alpha value is -3.82. The zero-order chi connectivity index (χ0) is 25.7. The molecule has 1 aromatic heterocycles. The number of hydrogen-bond acceptors (Lipinski definition) is 3. The van der Waals surface area contributed by atoms with E-state index in [1.54, 1.807) is 0 Å².